The van der Waals surface area contributed by atoms with Crippen molar-refractivity contribution < 1.29 is 4.79 Å². The van der Waals surface area contributed by atoms with Gasteiger partial charge in [-0.2, -0.15) is 0 Å². The number of nitrogens with one attached hydrogen (secondary N) is 1. The Balaban J connectivity index is 1.39. The van der Waals surface area contributed by atoms with Gasteiger partial charge in [0.25, 0.3) is 0 Å². The summed E-state index contributed by atoms with van der Waals surface area (Å²) in [6, 6.07) is 4.44. The highest BCUT2D eigenvalue weighted by atomic mass is 16.2. The summed E-state index contributed by atoms with van der Waals surface area (Å²) in [5, 5.41) is 3.37. The molecule has 3 fully saturated rings. The van der Waals surface area contributed by atoms with Gasteiger partial charge in [-0.15, -0.1) is 0 Å². The average Bonchev–Trinajstić information content (AvgIpc) is 3.54. The van der Waals surface area contributed by atoms with Gasteiger partial charge in [-0.1, -0.05) is 0 Å². The Hall–Kier alpha value is -2.70. The van der Waals surface area contributed by atoms with Crippen LogP contribution in [0.25, 0.3) is 0 Å². The maximum atomic E-state index is 11.7. The highest BCUT2D eigenvalue weighted by molar-refractivity contribution is 5.73. The third-order valence-corrected chi connectivity index (χ3v) is 7.39. The van der Waals surface area contributed by atoms with E-state index in [4.69, 9.17) is 4.98 Å². The van der Waals surface area contributed by atoms with Crippen LogP contribution in [0.4, 0.5) is 17.5 Å². The van der Waals surface area contributed by atoms with Crippen molar-refractivity contribution in [3.63, 3.8) is 0 Å². The van der Waals surface area contributed by atoms with Crippen molar-refractivity contribution in [2.75, 3.05) is 36.4 Å². The first-order chi connectivity index (χ1) is 15.0. The lowest BCUT2D eigenvalue weighted by Gasteiger charge is -2.35. The SMILES string of the molecule is CC(=O)N1CCC(c2cc(Nc3cnc(C)cn3)nc(N3CCC4(CC3)CC4)c2)CC1. The van der Waals surface area contributed by atoms with Crippen LogP contribution in [0.1, 0.15) is 62.6 Å². The smallest absolute Gasteiger partial charge is 0.219 e. The van der Waals surface area contributed by atoms with Crippen molar-refractivity contribution in [3.05, 3.63) is 35.8 Å². The fourth-order valence-corrected chi connectivity index (χ4v) is 5.00. The van der Waals surface area contributed by atoms with Crippen LogP contribution in [0.5, 0.6) is 0 Å². The van der Waals surface area contributed by atoms with Gasteiger partial charge >= 0.3 is 0 Å². The van der Waals surface area contributed by atoms with E-state index in [1.54, 1.807) is 19.3 Å². The number of nitrogens with zero attached hydrogens (tertiary/aromatic N) is 5. The molecule has 31 heavy (non-hydrogen) atoms. The van der Waals surface area contributed by atoms with Crippen molar-refractivity contribution in [1.29, 1.82) is 0 Å². The number of piperidine rings is 2. The number of rotatable bonds is 4. The summed E-state index contributed by atoms with van der Waals surface area (Å²) < 4.78 is 0. The van der Waals surface area contributed by atoms with E-state index in [9.17, 15) is 4.79 Å². The summed E-state index contributed by atoms with van der Waals surface area (Å²) in [6.07, 6.45) is 10.9. The molecule has 2 aromatic rings. The molecule has 164 valence electrons. The quantitative estimate of drug-likeness (QED) is 0.805. The zero-order chi connectivity index (χ0) is 21.4. The van der Waals surface area contributed by atoms with E-state index < -0.39 is 0 Å². The third-order valence-electron chi connectivity index (χ3n) is 7.39. The fourth-order valence-electron chi connectivity index (χ4n) is 5.00. The van der Waals surface area contributed by atoms with E-state index in [2.05, 4.69) is 32.3 Å². The van der Waals surface area contributed by atoms with Crippen LogP contribution in [0, 0.1) is 12.3 Å². The second kappa shape index (κ2) is 8.09. The van der Waals surface area contributed by atoms with Crippen molar-refractivity contribution in [2.24, 2.45) is 5.41 Å². The first-order valence-electron chi connectivity index (χ1n) is 11.6. The van der Waals surface area contributed by atoms with Gasteiger partial charge in [0.2, 0.25) is 5.91 Å². The molecular weight excluding hydrogens is 388 g/mol. The Labute approximate surface area is 184 Å². The van der Waals surface area contributed by atoms with Crippen LogP contribution in [-0.2, 0) is 4.79 Å². The normalized spacial score (nSPS) is 20.7. The second-order valence-electron chi connectivity index (χ2n) is 9.58. The molecule has 0 atom stereocenters. The number of likely N-dealkylation sites (tertiary alicyclic amines) is 1. The van der Waals surface area contributed by atoms with Crippen LogP contribution in [0.2, 0.25) is 0 Å². The number of aryl methyl sites for hydroxylation is 1. The number of hydrogen-bond donors (Lipinski definition) is 1. The maximum absolute atomic E-state index is 11.7. The molecule has 1 spiro atoms. The van der Waals surface area contributed by atoms with Gasteiger partial charge < -0.3 is 15.1 Å². The number of aromatic nitrogens is 3. The molecule has 0 radical (unpaired) electrons. The summed E-state index contributed by atoms with van der Waals surface area (Å²) in [4.78, 5) is 29.9. The van der Waals surface area contributed by atoms with E-state index in [-0.39, 0.29) is 5.91 Å². The van der Waals surface area contributed by atoms with Gasteiger partial charge in [0, 0.05) is 33.1 Å². The summed E-state index contributed by atoms with van der Waals surface area (Å²) in [6.45, 7) is 7.43. The van der Waals surface area contributed by atoms with Crippen molar-refractivity contribution >= 4 is 23.4 Å². The van der Waals surface area contributed by atoms with Crippen molar-refractivity contribution in [1.82, 2.24) is 19.9 Å². The molecule has 1 N–H and O–H groups in total. The Morgan fingerprint density at radius 1 is 1.00 bits per heavy atom. The van der Waals surface area contributed by atoms with Crippen LogP contribution < -0.4 is 10.2 Å². The number of hydrogen-bond acceptors (Lipinski definition) is 6. The standard InChI is InChI=1S/C24H32N6O/c1-17-15-26-22(16-25-17)27-21-13-20(19-3-9-29(10-4-19)18(2)31)14-23(28-21)30-11-7-24(5-6-24)8-12-30/h13-16,19H,3-12H2,1-2H3,(H,26,27,28). The Bertz CT molecular complexity index is 937. The van der Waals surface area contributed by atoms with Crippen LogP contribution in [0.15, 0.2) is 24.5 Å². The predicted molar refractivity (Wildman–Crippen MR) is 122 cm³/mol. The molecular formula is C24H32N6O. The zero-order valence-electron chi connectivity index (χ0n) is 18.6. The van der Waals surface area contributed by atoms with Gasteiger partial charge in [0.15, 0.2) is 0 Å². The molecule has 2 aromatic heterocycles. The molecule has 7 heteroatoms. The molecule has 5 rings (SSSR count). The predicted octanol–water partition coefficient (Wildman–Crippen LogP) is 4.03. The summed E-state index contributed by atoms with van der Waals surface area (Å²) in [5.74, 6) is 3.22. The lowest BCUT2D eigenvalue weighted by molar-refractivity contribution is -0.129. The molecule has 7 nitrogen and oxygen atoms in total. The number of pyridine rings is 1. The lowest BCUT2D eigenvalue weighted by Crippen LogP contribution is -2.37. The first-order valence-corrected chi connectivity index (χ1v) is 11.6. The van der Waals surface area contributed by atoms with Gasteiger partial charge in [-0.25, -0.2) is 9.97 Å². The van der Waals surface area contributed by atoms with Gasteiger partial charge in [-0.05, 0) is 74.5 Å². The topological polar surface area (TPSA) is 74.2 Å². The van der Waals surface area contributed by atoms with E-state index >= 15 is 0 Å². The van der Waals surface area contributed by atoms with E-state index in [1.165, 1.54) is 31.2 Å². The summed E-state index contributed by atoms with van der Waals surface area (Å²) in [5.41, 5.74) is 2.85. The Morgan fingerprint density at radius 3 is 2.35 bits per heavy atom. The Morgan fingerprint density at radius 2 is 1.74 bits per heavy atom. The maximum Gasteiger partial charge on any atom is 0.219 e. The van der Waals surface area contributed by atoms with E-state index in [0.29, 0.717) is 17.2 Å². The molecule has 1 amide bonds. The minimum Gasteiger partial charge on any atom is -0.357 e. The molecule has 2 saturated heterocycles. The van der Waals surface area contributed by atoms with Crippen LogP contribution in [-0.4, -0.2) is 51.9 Å². The molecule has 0 bridgehead atoms. The monoisotopic (exact) mass is 420 g/mol. The molecule has 1 aliphatic carbocycles. The number of anilines is 3. The highest BCUT2D eigenvalue weighted by Gasteiger charge is 2.44. The summed E-state index contributed by atoms with van der Waals surface area (Å²) >= 11 is 0. The number of amides is 1. The second-order valence-corrected chi connectivity index (χ2v) is 9.58. The zero-order valence-corrected chi connectivity index (χ0v) is 18.6. The first kappa shape index (κ1) is 20.2. The highest BCUT2D eigenvalue weighted by Crippen LogP contribution is 2.54. The molecule has 4 heterocycles. The van der Waals surface area contributed by atoms with Crippen LogP contribution in [0.3, 0.4) is 0 Å². The van der Waals surface area contributed by atoms with Gasteiger partial charge in [-0.3, -0.25) is 9.78 Å². The third kappa shape index (κ3) is 4.50. The fraction of sp³-hybridized carbons (Fsp3) is 0.583. The number of carbonyl (C=O) groups is 1. The minimum absolute atomic E-state index is 0.177. The molecule has 1 saturated carbocycles. The molecule has 0 unspecified atom stereocenters. The van der Waals surface area contributed by atoms with E-state index in [1.807, 2.05) is 11.8 Å². The van der Waals surface area contributed by atoms with Crippen molar-refractivity contribution in [2.45, 2.75) is 58.3 Å². The largest absolute Gasteiger partial charge is 0.357 e. The van der Waals surface area contributed by atoms with Gasteiger partial charge in [0.05, 0.1) is 18.1 Å². The Kier molecular flexibility index (Phi) is 5.28. The number of carbonyl (C=O) groups excluding carboxylic acids is 1. The van der Waals surface area contributed by atoms with Crippen molar-refractivity contribution in [3.8, 4) is 0 Å². The van der Waals surface area contributed by atoms with Gasteiger partial charge in [0.1, 0.15) is 17.5 Å². The van der Waals surface area contributed by atoms with Crippen LogP contribution >= 0.6 is 0 Å². The summed E-state index contributed by atoms with van der Waals surface area (Å²) in [7, 11) is 0. The van der Waals surface area contributed by atoms with E-state index in [0.717, 1.165) is 56.4 Å². The average molecular weight is 421 g/mol. The molecule has 2 aliphatic heterocycles. The molecule has 0 aromatic carbocycles. The molecule has 3 aliphatic rings. The lowest BCUT2D eigenvalue weighted by atomic mass is 9.89. The minimum atomic E-state index is 0.177.